The predicted molar refractivity (Wildman–Crippen MR) is 345 cm³/mol. The third kappa shape index (κ3) is 20.4. The molecule has 91 heavy (non-hydrogen) atoms. The number of para-hydroxylation sites is 3. The Morgan fingerprint density at radius 1 is 0.484 bits per heavy atom. The van der Waals surface area contributed by atoms with Crippen LogP contribution in [0.2, 0.25) is 0 Å². The molecule has 0 spiro atoms. The van der Waals surface area contributed by atoms with Crippen LogP contribution in [0, 0.1) is 5.92 Å². The summed E-state index contributed by atoms with van der Waals surface area (Å²) in [4.78, 5) is 33.3. The van der Waals surface area contributed by atoms with Gasteiger partial charge in [0.15, 0.2) is 6.61 Å². The molecule has 6 aromatic carbocycles. The highest BCUT2D eigenvalue weighted by Crippen LogP contribution is 2.33. The van der Waals surface area contributed by atoms with Crippen LogP contribution >= 0.6 is 0 Å². The number of aliphatic carboxylic acids is 1. The molecule has 11 aromatic rings. The lowest BCUT2D eigenvalue weighted by molar-refractivity contribution is -0.139. The number of hydrogen-bond acceptors (Lipinski definition) is 16. The zero-order valence-electron chi connectivity index (χ0n) is 51.6. The Labute approximate surface area is 526 Å². The van der Waals surface area contributed by atoms with Crippen LogP contribution in [0.25, 0.3) is 56.3 Å². The van der Waals surface area contributed by atoms with Crippen molar-refractivity contribution in [1.29, 1.82) is 0 Å². The molecular weight excluding hydrogens is 1160 g/mol. The summed E-state index contributed by atoms with van der Waals surface area (Å²) in [5.41, 5.74) is 12.5. The molecule has 0 radical (unpaired) electrons. The summed E-state index contributed by atoms with van der Waals surface area (Å²) in [6.45, 7) is 8.79. The Morgan fingerprint density at radius 3 is 1.56 bits per heavy atom. The standard InChI is InChI=1S/C21H24N2O.C13H14N2O3.C12H12N2O4.C12H12N2O2.C11H12N2O2/c1-16(2)15-24-21-11-10-18(9-8-17-6-4-3-5-7-17)14-19(21)20-12-13-22-23-20;1-3-18-13(16)11-8-10(14-15-11)9-6-4-5-7-12(9)17-2;1-17-10-5-3-2-4-8(10)9-6-11(14-13-9)18-7-12(15)16;1-2-16-12(15)11-8-10(13-14-11)9-6-4-3-5-7-9;1-15-11-5-3-2-4-9(11)10-6-8(7-14)12-13-10/h3-7,10-14,16H,8-9,15H2,1-2H3,(H,22,23);4-8H,3H2,1-2H3,(H,14,15);2-6H,7H2,1H3,(H,13,14)(H,15,16);3-8H,2H2,1H3,(H,13,14);2-6,14H,7H2,1H3,(H,12,13). The maximum atomic E-state index is 11.5. The van der Waals surface area contributed by atoms with Crippen molar-refractivity contribution >= 4 is 17.9 Å². The molecule has 0 saturated heterocycles. The van der Waals surface area contributed by atoms with Gasteiger partial charge in [-0.15, -0.1) is 5.10 Å². The first-order valence-corrected chi connectivity index (χ1v) is 29.1. The first-order chi connectivity index (χ1) is 44.3. The van der Waals surface area contributed by atoms with Crippen LogP contribution in [-0.4, -0.2) is 127 Å². The number of benzene rings is 6. The molecule has 11 rings (SSSR count). The number of methoxy groups -OCH3 is 3. The smallest absolute Gasteiger partial charge is 0.356 e. The highest BCUT2D eigenvalue weighted by molar-refractivity contribution is 5.89. The Hall–Kier alpha value is -11.3. The van der Waals surface area contributed by atoms with Crippen molar-refractivity contribution in [3.63, 3.8) is 0 Å². The number of carbonyl (C=O) groups is 3. The van der Waals surface area contributed by atoms with Crippen LogP contribution in [-0.2, 0) is 33.7 Å². The lowest BCUT2D eigenvalue weighted by atomic mass is 10.0. The number of H-pyrrole nitrogens is 5. The fourth-order valence-electron chi connectivity index (χ4n) is 8.64. The monoisotopic (exact) mass is 1230 g/mol. The molecule has 5 aromatic heterocycles. The number of hydrogen-bond donors (Lipinski definition) is 7. The van der Waals surface area contributed by atoms with E-state index in [1.807, 2.05) is 109 Å². The van der Waals surface area contributed by atoms with Crippen molar-refractivity contribution in [3.8, 4) is 85.2 Å². The molecule has 0 aliphatic heterocycles. The van der Waals surface area contributed by atoms with Crippen molar-refractivity contribution in [1.82, 2.24) is 51.0 Å². The zero-order chi connectivity index (χ0) is 64.7. The van der Waals surface area contributed by atoms with Crippen LogP contribution in [0.4, 0.5) is 0 Å². The second kappa shape index (κ2) is 35.5. The number of aryl methyl sites for hydroxylation is 2. The van der Waals surface area contributed by atoms with Gasteiger partial charge in [-0.2, -0.15) is 20.4 Å². The summed E-state index contributed by atoms with van der Waals surface area (Å²) >= 11 is 0. The van der Waals surface area contributed by atoms with Gasteiger partial charge in [-0.1, -0.05) is 117 Å². The first-order valence-electron chi connectivity index (χ1n) is 29.1. The van der Waals surface area contributed by atoms with Crippen LogP contribution < -0.4 is 23.7 Å². The van der Waals surface area contributed by atoms with Crippen molar-refractivity contribution in [3.05, 3.63) is 216 Å². The molecule has 0 aliphatic rings. The van der Waals surface area contributed by atoms with Crippen molar-refractivity contribution < 1.29 is 57.8 Å². The molecule has 0 amide bonds. The number of aliphatic hydroxyl groups is 1. The van der Waals surface area contributed by atoms with Gasteiger partial charge in [0.25, 0.3) is 0 Å². The van der Waals surface area contributed by atoms with Gasteiger partial charge in [0.05, 0.1) is 81.9 Å². The second-order valence-corrected chi connectivity index (χ2v) is 20.0. The molecule has 7 N–H and O–H groups in total. The van der Waals surface area contributed by atoms with E-state index in [2.05, 4.69) is 113 Å². The Bertz CT molecular complexity index is 3950. The number of ether oxygens (including phenoxy) is 7. The number of carboxylic acids is 1. The topological polar surface area (TPSA) is 300 Å². The van der Waals surface area contributed by atoms with E-state index in [1.54, 1.807) is 65.6 Å². The molecule has 0 atom stereocenters. The molecule has 0 unspecified atom stereocenters. The summed E-state index contributed by atoms with van der Waals surface area (Å²) in [6.07, 6.45) is 3.82. The van der Waals surface area contributed by atoms with E-state index in [0.717, 1.165) is 69.2 Å². The number of rotatable bonds is 22. The largest absolute Gasteiger partial charge is 0.496 e. The third-order valence-corrected chi connectivity index (χ3v) is 13.0. The number of aromatic nitrogens is 10. The summed E-state index contributed by atoms with van der Waals surface area (Å²) in [7, 11) is 4.80. The summed E-state index contributed by atoms with van der Waals surface area (Å²) in [5.74, 6) is 1.99. The average molecular weight is 1240 g/mol. The number of aromatic amines is 5. The van der Waals surface area contributed by atoms with E-state index in [9.17, 15) is 14.4 Å². The zero-order valence-corrected chi connectivity index (χ0v) is 51.6. The van der Waals surface area contributed by atoms with Crippen molar-refractivity contribution in [2.24, 2.45) is 5.92 Å². The second-order valence-electron chi connectivity index (χ2n) is 20.0. The van der Waals surface area contributed by atoms with Gasteiger partial charge < -0.3 is 43.4 Å². The lowest BCUT2D eigenvalue weighted by Gasteiger charge is -2.14. The van der Waals surface area contributed by atoms with Crippen LogP contribution in [0.15, 0.2) is 188 Å². The third-order valence-electron chi connectivity index (χ3n) is 13.0. The van der Waals surface area contributed by atoms with Gasteiger partial charge in [-0.25, -0.2) is 14.4 Å². The molecule has 472 valence electrons. The fourth-order valence-corrected chi connectivity index (χ4v) is 8.64. The summed E-state index contributed by atoms with van der Waals surface area (Å²) in [5, 5.41) is 51.5. The van der Waals surface area contributed by atoms with E-state index in [1.165, 1.54) is 11.1 Å². The Morgan fingerprint density at radius 2 is 1.01 bits per heavy atom. The minimum Gasteiger partial charge on any atom is -0.496 e. The molecule has 0 fully saturated rings. The lowest BCUT2D eigenvalue weighted by Crippen LogP contribution is -2.09. The van der Waals surface area contributed by atoms with E-state index in [-0.39, 0.29) is 18.5 Å². The summed E-state index contributed by atoms with van der Waals surface area (Å²) in [6, 6.07) is 58.0. The quantitative estimate of drug-likeness (QED) is 0.0310. The molecule has 0 saturated carbocycles. The molecular formula is C69H74N10O12. The van der Waals surface area contributed by atoms with Gasteiger partial charge in [-0.3, -0.25) is 25.5 Å². The average Bonchev–Trinajstić information content (AvgIpc) is 2.13. The molecule has 22 nitrogen and oxygen atoms in total. The van der Waals surface area contributed by atoms with Gasteiger partial charge in [0.2, 0.25) is 5.88 Å². The van der Waals surface area contributed by atoms with Crippen LogP contribution in [0.1, 0.15) is 65.5 Å². The fraction of sp³-hybridized carbons (Fsp3) is 0.217. The van der Waals surface area contributed by atoms with Gasteiger partial charge >= 0.3 is 17.9 Å². The maximum absolute atomic E-state index is 11.5. The highest BCUT2D eigenvalue weighted by Gasteiger charge is 2.16. The maximum Gasteiger partial charge on any atom is 0.356 e. The molecule has 0 bridgehead atoms. The number of esters is 2. The highest BCUT2D eigenvalue weighted by atomic mass is 16.5. The minimum atomic E-state index is -1.04. The number of aliphatic hydroxyl groups excluding tert-OH is 1. The number of carbonyl (C=O) groups excluding carboxylic acids is 2. The SMILES string of the molecule is CC(C)COc1ccc(CCc2ccccc2)cc1-c1ccn[nH]1.CCOC(=O)c1cc(-c2ccccc2)n[nH]1.CCOC(=O)c1cc(-c2ccccc2OC)n[nH]1.COc1ccccc1-c1cc(CO)[nH]n1.COc1ccccc1-c1cc(OCC(=O)O)n[nH]1. The van der Waals surface area contributed by atoms with Crippen LogP contribution in [0.5, 0.6) is 28.9 Å². The number of nitrogens with one attached hydrogen (secondary N) is 5. The van der Waals surface area contributed by atoms with Crippen molar-refractivity contribution in [2.75, 3.05) is 47.8 Å². The Kier molecular flexibility index (Phi) is 26.3. The van der Waals surface area contributed by atoms with E-state index in [0.29, 0.717) is 65.7 Å². The van der Waals surface area contributed by atoms with E-state index >= 15 is 0 Å². The number of nitrogens with zero attached hydrogens (tertiary/aromatic N) is 5. The van der Waals surface area contributed by atoms with Gasteiger partial charge in [0.1, 0.15) is 34.4 Å². The van der Waals surface area contributed by atoms with E-state index < -0.39 is 18.5 Å². The molecule has 22 heteroatoms. The minimum absolute atomic E-state index is 0.0395. The number of carboxylic acid groups (broad SMARTS) is 1. The molecule has 0 aliphatic carbocycles. The van der Waals surface area contributed by atoms with Gasteiger partial charge in [0, 0.05) is 40.1 Å². The van der Waals surface area contributed by atoms with E-state index in [4.69, 9.17) is 43.4 Å². The summed E-state index contributed by atoms with van der Waals surface area (Å²) < 4.78 is 36.4. The van der Waals surface area contributed by atoms with Crippen LogP contribution in [0.3, 0.4) is 0 Å². The predicted octanol–water partition coefficient (Wildman–Crippen LogP) is 12.5. The normalized spacial score (nSPS) is 10.3. The first kappa shape index (κ1) is 67.3. The van der Waals surface area contributed by atoms with Gasteiger partial charge in [-0.05, 0) is 117 Å². The Balaban J connectivity index is 0.000000163. The molecule has 5 heterocycles. The van der Waals surface area contributed by atoms with Crippen molar-refractivity contribution in [2.45, 2.75) is 47.1 Å².